The number of nitrogens with zero attached hydrogens (tertiary/aromatic N) is 1. The van der Waals surface area contributed by atoms with Crippen LogP contribution >= 0.6 is 0 Å². The SMILES string of the molecule is COc1ccc(-c2nccc(C)c2N)cc1F. The molecule has 0 saturated heterocycles. The smallest absolute Gasteiger partial charge is 0.165 e. The monoisotopic (exact) mass is 232 g/mol. The average molecular weight is 232 g/mol. The van der Waals surface area contributed by atoms with Gasteiger partial charge < -0.3 is 10.5 Å². The van der Waals surface area contributed by atoms with E-state index in [2.05, 4.69) is 4.98 Å². The molecule has 1 aromatic carbocycles. The molecule has 1 aromatic heterocycles. The molecule has 0 aliphatic heterocycles. The van der Waals surface area contributed by atoms with Crippen molar-refractivity contribution in [2.24, 2.45) is 0 Å². The Bertz CT molecular complexity index is 555. The van der Waals surface area contributed by atoms with Crippen LogP contribution in [-0.2, 0) is 0 Å². The van der Waals surface area contributed by atoms with E-state index < -0.39 is 5.82 Å². The van der Waals surface area contributed by atoms with Crippen molar-refractivity contribution in [1.82, 2.24) is 4.98 Å². The van der Waals surface area contributed by atoms with Crippen LogP contribution in [0.2, 0.25) is 0 Å². The van der Waals surface area contributed by atoms with Crippen LogP contribution in [0.25, 0.3) is 11.3 Å². The number of nitrogens with two attached hydrogens (primary N) is 1. The molecule has 0 saturated carbocycles. The maximum absolute atomic E-state index is 13.6. The zero-order valence-electron chi connectivity index (χ0n) is 9.70. The maximum atomic E-state index is 13.6. The van der Waals surface area contributed by atoms with Gasteiger partial charge in [-0.05, 0) is 36.8 Å². The molecule has 1 heterocycles. The molecular formula is C13H13FN2O. The van der Waals surface area contributed by atoms with Gasteiger partial charge >= 0.3 is 0 Å². The molecule has 0 aliphatic carbocycles. The summed E-state index contributed by atoms with van der Waals surface area (Å²) >= 11 is 0. The summed E-state index contributed by atoms with van der Waals surface area (Å²) in [5.41, 5.74) is 8.64. The molecule has 0 radical (unpaired) electrons. The zero-order chi connectivity index (χ0) is 12.4. The van der Waals surface area contributed by atoms with Crippen molar-refractivity contribution >= 4 is 5.69 Å². The zero-order valence-corrected chi connectivity index (χ0v) is 9.70. The quantitative estimate of drug-likeness (QED) is 0.866. The lowest BCUT2D eigenvalue weighted by Gasteiger charge is -2.08. The molecule has 2 rings (SSSR count). The van der Waals surface area contributed by atoms with Gasteiger partial charge in [-0.15, -0.1) is 0 Å². The second kappa shape index (κ2) is 4.41. The third-order valence-electron chi connectivity index (χ3n) is 2.63. The molecule has 0 atom stereocenters. The van der Waals surface area contributed by atoms with Gasteiger partial charge in [0, 0.05) is 11.8 Å². The first-order chi connectivity index (χ1) is 8.13. The van der Waals surface area contributed by atoms with Crippen LogP contribution < -0.4 is 10.5 Å². The van der Waals surface area contributed by atoms with E-state index in [1.807, 2.05) is 13.0 Å². The summed E-state index contributed by atoms with van der Waals surface area (Å²) in [4.78, 5) is 4.17. The highest BCUT2D eigenvalue weighted by molar-refractivity contribution is 5.74. The first-order valence-electron chi connectivity index (χ1n) is 5.18. The number of aryl methyl sites for hydroxylation is 1. The van der Waals surface area contributed by atoms with Gasteiger partial charge in [0.1, 0.15) is 0 Å². The number of hydrogen-bond donors (Lipinski definition) is 1. The van der Waals surface area contributed by atoms with Crippen LogP contribution in [0.4, 0.5) is 10.1 Å². The summed E-state index contributed by atoms with van der Waals surface area (Å²) in [6.07, 6.45) is 1.66. The standard InChI is InChI=1S/C13H13FN2O/c1-8-5-6-16-13(12(8)15)9-3-4-11(17-2)10(14)7-9/h3-7H,15H2,1-2H3. The summed E-state index contributed by atoms with van der Waals surface area (Å²) in [5, 5.41) is 0. The van der Waals surface area contributed by atoms with E-state index in [0.717, 1.165) is 5.56 Å². The Hall–Kier alpha value is -2.10. The minimum atomic E-state index is -0.423. The molecule has 88 valence electrons. The van der Waals surface area contributed by atoms with Gasteiger partial charge in [-0.1, -0.05) is 0 Å². The first-order valence-corrected chi connectivity index (χ1v) is 5.18. The summed E-state index contributed by atoms with van der Waals surface area (Å²) in [7, 11) is 1.43. The van der Waals surface area contributed by atoms with E-state index in [9.17, 15) is 4.39 Å². The summed E-state index contributed by atoms with van der Waals surface area (Å²) in [6, 6.07) is 6.49. The molecule has 0 spiro atoms. The number of methoxy groups -OCH3 is 1. The van der Waals surface area contributed by atoms with Crippen LogP contribution in [0.15, 0.2) is 30.5 Å². The molecule has 0 aliphatic rings. The summed E-state index contributed by atoms with van der Waals surface area (Å²) in [6.45, 7) is 1.89. The Morgan fingerprint density at radius 1 is 1.29 bits per heavy atom. The first kappa shape index (κ1) is 11.4. The van der Waals surface area contributed by atoms with Crippen molar-refractivity contribution in [3.63, 3.8) is 0 Å². The lowest BCUT2D eigenvalue weighted by Crippen LogP contribution is -1.97. The molecule has 3 nitrogen and oxygen atoms in total. The fourth-order valence-corrected chi connectivity index (χ4v) is 1.61. The lowest BCUT2D eigenvalue weighted by atomic mass is 10.1. The van der Waals surface area contributed by atoms with Gasteiger partial charge in [0.05, 0.1) is 18.5 Å². The highest BCUT2D eigenvalue weighted by Gasteiger charge is 2.09. The van der Waals surface area contributed by atoms with Crippen molar-refractivity contribution in [3.8, 4) is 17.0 Å². The lowest BCUT2D eigenvalue weighted by molar-refractivity contribution is 0.386. The number of hydrogen-bond acceptors (Lipinski definition) is 3. The van der Waals surface area contributed by atoms with E-state index in [0.29, 0.717) is 16.9 Å². The van der Waals surface area contributed by atoms with Gasteiger partial charge in [0.25, 0.3) is 0 Å². The highest BCUT2D eigenvalue weighted by Crippen LogP contribution is 2.29. The number of rotatable bonds is 2. The molecular weight excluding hydrogens is 219 g/mol. The molecule has 0 unspecified atom stereocenters. The van der Waals surface area contributed by atoms with Gasteiger partial charge in [0.15, 0.2) is 11.6 Å². The Morgan fingerprint density at radius 3 is 2.71 bits per heavy atom. The van der Waals surface area contributed by atoms with Crippen LogP contribution in [0.3, 0.4) is 0 Å². The van der Waals surface area contributed by atoms with Crippen molar-refractivity contribution < 1.29 is 9.13 Å². The highest BCUT2D eigenvalue weighted by atomic mass is 19.1. The largest absolute Gasteiger partial charge is 0.494 e. The molecule has 0 amide bonds. The number of nitrogen functional groups attached to an aromatic ring is 1. The van der Waals surface area contributed by atoms with Gasteiger partial charge in [-0.2, -0.15) is 0 Å². The fraction of sp³-hybridized carbons (Fsp3) is 0.154. The Balaban J connectivity index is 2.54. The third-order valence-corrected chi connectivity index (χ3v) is 2.63. The van der Waals surface area contributed by atoms with Crippen LogP contribution in [0.1, 0.15) is 5.56 Å². The predicted octanol–water partition coefficient (Wildman–Crippen LogP) is 2.79. The number of pyridine rings is 1. The minimum Gasteiger partial charge on any atom is -0.494 e. The fourth-order valence-electron chi connectivity index (χ4n) is 1.61. The molecule has 0 bridgehead atoms. The van der Waals surface area contributed by atoms with Crippen molar-refractivity contribution in [2.45, 2.75) is 6.92 Å². The topological polar surface area (TPSA) is 48.1 Å². The molecule has 0 fully saturated rings. The minimum absolute atomic E-state index is 0.208. The van der Waals surface area contributed by atoms with Crippen molar-refractivity contribution in [1.29, 1.82) is 0 Å². The van der Waals surface area contributed by atoms with E-state index in [-0.39, 0.29) is 5.75 Å². The van der Waals surface area contributed by atoms with Crippen molar-refractivity contribution in [2.75, 3.05) is 12.8 Å². The average Bonchev–Trinajstić information content (AvgIpc) is 2.32. The van der Waals surface area contributed by atoms with Crippen LogP contribution in [0.5, 0.6) is 5.75 Å². The normalized spacial score (nSPS) is 10.3. The Kier molecular flexibility index (Phi) is 2.95. The number of aromatic nitrogens is 1. The summed E-state index contributed by atoms with van der Waals surface area (Å²) in [5.74, 6) is -0.215. The van der Waals surface area contributed by atoms with E-state index >= 15 is 0 Å². The number of ether oxygens (including phenoxy) is 1. The third kappa shape index (κ3) is 2.06. The number of anilines is 1. The maximum Gasteiger partial charge on any atom is 0.165 e. The van der Waals surface area contributed by atoms with E-state index in [1.54, 1.807) is 18.3 Å². The molecule has 4 heteroatoms. The Labute approximate surface area is 99.1 Å². The second-order valence-corrected chi connectivity index (χ2v) is 3.74. The number of benzene rings is 1. The van der Waals surface area contributed by atoms with Crippen molar-refractivity contribution in [3.05, 3.63) is 41.8 Å². The van der Waals surface area contributed by atoms with E-state index in [1.165, 1.54) is 13.2 Å². The van der Waals surface area contributed by atoms with Gasteiger partial charge in [0.2, 0.25) is 0 Å². The molecule has 17 heavy (non-hydrogen) atoms. The van der Waals surface area contributed by atoms with Gasteiger partial charge in [-0.25, -0.2) is 4.39 Å². The van der Waals surface area contributed by atoms with Crippen LogP contribution in [0, 0.1) is 12.7 Å². The second-order valence-electron chi connectivity index (χ2n) is 3.74. The van der Waals surface area contributed by atoms with E-state index in [4.69, 9.17) is 10.5 Å². The van der Waals surface area contributed by atoms with Gasteiger partial charge in [-0.3, -0.25) is 4.98 Å². The summed E-state index contributed by atoms with van der Waals surface area (Å²) < 4.78 is 18.4. The molecule has 2 aromatic rings. The van der Waals surface area contributed by atoms with Crippen LogP contribution in [-0.4, -0.2) is 12.1 Å². The predicted molar refractivity (Wildman–Crippen MR) is 65.3 cm³/mol. The molecule has 2 N–H and O–H groups in total. The Morgan fingerprint density at radius 2 is 2.06 bits per heavy atom. The number of halogens is 1.